The van der Waals surface area contributed by atoms with Crippen LogP contribution in [0.1, 0.15) is 64.2 Å². The lowest BCUT2D eigenvalue weighted by atomic mass is 10.1. The van der Waals surface area contributed by atoms with Crippen LogP contribution in [0.2, 0.25) is 0 Å². The van der Waals surface area contributed by atoms with Crippen LogP contribution in [0.5, 0.6) is 0 Å². The van der Waals surface area contributed by atoms with Crippen molar-refractivity contribution in [2.75, 3.05) is 0 Å². The molecular weight excluding hydrogens is 244 g/mol. The molecular formula is C15H23O4. The Morgan fingerprint density at radius 3 is 2.21 bits per heavy atom. The van der Waals surface area contributed by atoms with E-state index < -0.39 is 5.97 Å². The van der Waals surface area contributed by atoms with Gasteiger partial charge in [0.05, 0.1) is 0 Å². The lowest BCUT2D eigenvalue weighted by Gasteiger charge is -2.00. The first-order chi connectivity index (χ1) is 9.16. The van der Waals surface area contributed by atoms with Gasteiger partial charge in [0.1, 0.15) is 5.78 Å². The molecule has 0 aromatic heterocycles. The number of allylic oxidation sites excluding steroid dienone is 1. The average molecular weight is 267 g/mol. The van der Waals surface area contributed by atoms with Gasteiger partial charge >= 0.3 is 5.97 Å². The average Bonchev–Trinajstić information content (AvgIpc) is 2.38. The number of hydrogen-bond acceptors (Lipinski definition) is 3. The van der Waals surface area contributed by atoms with E-state index in [2.05, 4.69) is 0 Å². The van der Waals surface area contributed by atoms with Gasteiger partial charge in [0.15, 0.2) is 6.29 Å². The predicted molar refractivity (Wildman–Crippen MR) is 73.6 cm³/mol. The molecule has 0 aromatic rings. The van der Waals surface area contributed by atoms with E-state index in [1.54, 1.807) is 12.4 Å². The molecule has 0 aromatic carbocycles. The third-order valence-corrected chi connectivity index (χ3v) is 2.84. The van der Waals surface area contributed by atoms with Gasteiger partial charge in [-0.1, -0.05) is 31.8 Å². The number of Topliss-reactive ketones (excluding diaryl/α,β-unsaturated/α-hetero) is 1. The zero-order valence-corrected chi connectivity index (χ0v) is 11.4. The number of ketones is 1. The Bertz CT molecular complexity index is 295. The zero-order valence-electron chi connectivity index (χ0n) is 11.4. The molecule has 0 amide bonds. The Hall–Kier alpha value is -1.45. The van der Waals surface area contributed by atoms with Crippen LogP contribution < -0.4 is 0 Å². The number of carboxylic acid groups (broad SMARTS) is 1. The van der Waals surface area contributed by atoms with E-state index in [-0.39, 0.29) is 12.2 Å². The largest absolute Gasteiger partial charge is 0.478 e. The molecule has 0 atom stereocenters. The number of carboxylic acids is 1. The van der Waals surface area contributed by atoms with Crippen LogP contribution >= 0.6 is 0 Å². The maximum absolute atomic E-state index is 11.2. The van der Waals surface area contributed by atoms with E-state index in [9.17, 15) is 14.4 Å². The molecule has 0 aliphatic rings. The third kappa shape index (κ3) is 14.5. The quantitative estimate of drug-likeness (QED) is 0.411. The fraction of sp³-hybridized carbons (Fsp3) is 0.667. The predicted octanol–water partition coefficient (Wildman–Crippen LogP) is 3.21. The number of rotatable bonds is 13. The van der Waals surface area contributed by atoms with Crippen LogP contribution in [-0.2, 0) is 14.4 Å². The van der Waals surface area contributed by atoms with E-state index >= 15 is 0 Å². The number of hydrogen-bond donors (Lipinski definition) is 1. The molecule has 0 aliphatic carbocycles. The van der Waals surface area contributed by atoms with Gasteiger partial charge in [-0.15, -0.1) is 0 Å². The number of carbonyl (C=O) groups excluding carboxylic acids is 2. The van der Waals surface area contributed by atoms with Crippen molar-refractivity contribution >= 4 is 18.0 Å². The van der Waals surface area contributed by atoms with Crippen molar-refractivity contribution in [3.8, 4) is 0 Å². The van der Waals surface area contributed by atoms with E-state index in [1.165, 1.54) is 6.08 Å². The van der Waals surface area contributed by atoms with Crippen molar-refractivity contribution in [3.63, 3.8) is 0 Å². The first-order valence-corrected chi connectivity index (χ1v) is 6.93. The van der Waals surface area contributed by atoms with Crippen molar-refractivity contribution in [1.29, 1.82) is 0 Å². The van der Waals surface area contributed by atoms with Crippen molar-refractivity contribution < 1.29 is 19.5 Å². The molecule has 1 radical (unpaired) electrons. The second-order valence-electron chi connectivity index (χ2n) is 4.58. The van der Waals surface area contributed by atoms with Crippen LogP contribution in [0.3, 0.4) is 0 Å². The summed E-state index contributed by atoms with van der Waals surface area (Å²) in [5.41, 5.74) is 0. The molecule has 0 rings (SSSR count). The van der Waals surface area contributed by atoms with Gasteiger partial charge in [0, 0.05) is 25.3 Å². The summed E-state index contributed by atoms with van der Waals surface area (Å²) >= 11 is 0. The van der Waals surface area contributed by atoms with Crippen LogP contribution in [0.15, 0.2) is 12.2 Å². The zero-order chi connectivity index (χ0) is 14.3. The summed E-state index contributed by atoms with van der Waals surface area (Å²) in [6.07, 6.45) is 12.8. The Morgan fingerprint density at radius 1 is 0.947 bits per heavy atom. The van der Waals surface area contributed by atoms with Gasteiger partial charge < -0.3 is 5.11 Å². The highest BCUT2D eigenvalue weighted by Crippen LogP contribution is 2.10. The molecule has 0 aliphatic heterocycles. The Labute approximate surface area is 114 Å². The Balaban J connectivity index is 3.20. The fourth-order valence-corrected chi connectivity index (χ4v) is 1.79. The highest BCUT2D eigenvalue weighted by molar-refractivity contribution is 5.80. The lowest BCUT2D eigenvalue weighted by molar-refractivity contribution is -0.131. The van der Waals surface area contributed by atoms with Crippen molar-refractivity contribution in [2.45, 2.75) is 64.2 Å². The first-order valence-electron chi connectivity index (χ1n) is 6.93. The van der Waals surface area contributed by atoms with E-state index in [1.807, 2.05) is 0 Å². The number of aliphatic carboxylic acids is 1. The first kappa shape index (κ1) is 17.6. The van der Waals surface area contributed by atoms with Crippen LogP contribution in [0.4, 0.5) is 0 Å². The minimum absolute atomic E-state index is 0.155. The van der Waals surface area contributed by atoms with Gasteiger partial charge in [-0.2, -0.15) is 0 Å². The minimum atomic E-state index is -0.892. The molecule has 107 valence electrons. The van der Waals surface area contributed by atoms with Gasteiger partial charge in [0.2, 0.25) is 0 Å². The molecule has 0 heterocycles. The molecule has 4 nitrogen and oxygen atoms in total. The van der Waals surface area contributed by atoms with Gasteiger partial charge in [-0.25, -0.2) is 4.79 Å². The van der Waals surface area contributed by atoms with Crippen molar-refractivity contribution in [3.05, 3.63) is 12.2 Å². The topological polar surface area (TPSA) is 71.4 Å². The van der Waals surface area contributed by atoms with Gasteiger partial charge in [-0.3, -0.25) is 9.59 Å². The number of unbranched alkanes of at least 4 members (excludes halogenated alkanes) is 6. The second-order valence-corrected chi connectivity index (χ2v) is 4.58. The molecule has 19 heavy (non-hydrogen) atoms. The molecule has 0 bridgehead atoms. The summed E-state index contributed by atoms with van der Waals surface area (Å²) in [7, 11) is 0. The van der Waals surface area contributed by atoms with Crippen LogP contribution in [0.25, 0.3) is 0 Å². The summed E-state index contributed by atoms with van der Waals surface area (Å²) < 4.78 is 0. The van der Waals surface area contributed by atoms with Crippen molar-refractivity contribution in [2.24, 2.45) is 0 Å². The highest BCUT2D eigenvalue weighted by atomic mass is 16.4. The second kappa shape index (κ2) is 13.0. The highest BCUT2D eigenvalue weighted by Gasteiger charge is 2.01. The van der Waals surface area contributed by atoms with E-state index in [0.717, 1.165) is 44.9 Å². The number of carbonyl (C=O) groups is 2. The van der Waals surface area contributed by atoms with E-state index in [4.69, 9.17) is 5.11 Å². The maximum Gasteiger partial charge on any atom is 0.327 e. The molecule has 4 heteroatoms. The lowest BCUT2D eigenvalue weighted by Crippen LogP contribution is -1.97. The molecule has 0 saturated heterocycles. The SMILES string of the molecule is O=[C]CCC(=O)CCCCCCCCC=CC(=O)O. The smallest absolute Gasteiger partial charge is 0.327 e. The Kier molecular flexibility index (Phi) is 12.0. The summed E-state index contributed by atoms with van der Waals surface area (Å²) in [6, 6.07) is 0. The van der Waals surface area contributed by atoms with Crippen LogP contribution in [0, 0.1) is 0 Å². The summed E-state index contributed by atoms with van der Waals surface area (Å²) in [4.78, 5) is 31.4. The molecule has 0 saturated carbocycles. The Morgan fingerprint density at radius 2 is 1.58 bits per heavy atom. The van der Waals surface area contributed by atoms with Gasteiger partial charge in [0.25, 0.3) is 0 Å². The fourth-order valence-electron chi connectivity index (χ4n) is 1.79. The summed E-state index contributed by atoms with van der Waals surface area (Å²) in [5.74, 6) is -0.737. The van der Waals surface area contributed by atoms with Gasteiger partial charge in [-0.05, 0) is 19.3 Å². The molecule has 0 fully saturated rings. The summed E-state index contributed by atoms with van der Waals surface area (Å²) in [6.45, 7) is 0. The molecule has 1 N–H and O–H groups in total. The molecule has 0 unspecified atom stereocenters. The molecule has 0 spiro atoms. The standard InChI is InChI=1S/C15H23O4/c16-13-9-11-14(17)10-7-5-3-1-2-4-6-8-12-15(18)19/h8,12H,1-7,9-11H2,(H,18,19). The third-order valence-electron chi connectivity index (χ3n) is 2.84. The summed E-state index contributed by atoms with van der Waals surface area (Å²) in [5, 5.41) is 8.38. The van der Waals surface area contributed by atoms with Crippen LogP contribution in [-0.4, -0.2) is 23.1 Å². The monoisotopic (exact) mass is 267 g/mol. The maximum atomic E-state index is 11.2. The van der Waals surface area contributed by atoms with E-state index in [0.29, 0.717) is 12.8 Å². The van der Waals surface area contributed by atoms with Crippen molar-refractivity contribution in [1.82, 2.24) is 0 Å². The minimum Gasteiger partial charge on any atom is -0.478 e. The normalized spacial score (nSPS) is 10.7.